The normalized spacial score (nSPS) is 6.67. The molecule has 0 radical (unpaired) electrons. The van der Waals surface area contributed by atoms with Crippen LogP contribution in [0.1, 0.15) is 0 Å². The van der Waals surface area contributed by atoms with E-state index in [0.29, 0.717) is 0 Å². The summed E-state index contributed by atoms with van der Waals surface area (Å²) in [5.74, 6) is 0. The molecule has 0 rings (SSSR count). The molecule has 0 spiro atoms. The summed E-state index contributed by atoms with van der Waals surface area (Å²) in [6.45, 7) is 0. The van der Waals surface area contributed by atoms with E-state index in [1.54, 1.807) is 0 Å². The van der Waals surface area contributed by atoms with Crippen molar-refractivity contribution in [3.63, 3.8) is 0 Å². The summed E-state index contributed by atoms with van der Waals surface area (Å²) in [6, 6.07) is 0. The van der Waals surface area contributed by atoms with Gasteiger partial charge in [0.25, 0.3) is 0 Å². The molecule has 0 aliphatic carbocycles. The molecule has 0 aliphatic heterocycles. The van der Waals surface area contributed by atoms with Crippen molar-refractivity contribution in [1.29, 1.82) is 0 Å². The van der Waals surface area contributed by atoms with Gasteiger partial charge in [-0.05, 0) is 0 Å². The smallest absolute Gasteiger partial charge is 2.00 e. The first-order valence-corrected chi connectivity index (χ1v) is 2.45. The van der Waals surface area contributed by atoms with E-state index in [0.717, 1.165) is 0 Å². The molecule has 40 valence electrons. The van der Waals surface area contributed by atoms with Crippen molar-refractivity contribution in [1.82, 2.24) is 0 Å². The van der Waals surface area contributed by atoms with Crippen LogP contribution in [0.4, 0.5) is 0 Å². The summed E-state index contributed by atoms with van der Waals surface area (Å²) in [5.41, 5.74) is 0. The monoisotopic (exact) mass is 228 g/mol. The first-order valence-electron chi connectivity index (χ1n) is 0.816. The molecule has 0 aliphatic rings. The van der Waals surface area contributed by atoms with Crippen LogP contribution in [-0.4, -0.2) is 122 Å². The maximum atomic E-state index is 8.58. The standard InChI is InChI=1S/3Ca.O4Si.O/c;;;1-5(2,3)4;/q3*+2;-4;-2. The second-order valence-electron chi connectivity index (χ2n) is 0.500. The molecule has 9 heteroatoms. The predicted molar refractivity (Wildman–Crippen MR) is 23.7 cm³/mol. The van der Waals surface area contributed by atoms with E-state index in [1.165, 1.54) is 0 Å². The molecular weight excluding hydrogens is 228 g/mol. The van der Waals surface area contributed by atoms with Gasteiger partial charge >= 0.3 is 113 Å². The molecule has 9 heavy (non-hydrogen) atoms. The fourth-order valence-electron chi connectivity index (χ4n) is 0. The first-order chi connectivity index (χ1) is 2.00. The van der Waals surface area contributed by atoms with Crippen molar-refractivity contribution in [2.75, 3.05) is 0 Å². The predicted octanol–water partition coefficient (Wildman–Crippen LogP) is -6.40. The summed E-state index contributed by atoms with van der Waals surface area (Å²) in [7, 11) is -5.61. The quantitative estimate of drug-likeness (QED) is 0.383. The van der Waals surface area contributed by atoms with Gasteiger partial charge in [0, 0.05) is 0 Å². The van der Waals surface area contributed by atoms with Crippen LogP contribution >= 0.6 is 0 Å². The first kappa shape index (κ1) is 29.3. The summed E-state index contributed by atoms with van der Waals surface area (Å²) >= 11 is 0. The zero-order chi connectivity index (χ0) is 4.50. The molecule has 0 N–H and O–H groups in total. The molecule has 0 fully saturated rings. The van der Waals surface area contributed by atoms with Crippen LogP contribution < -0.4 is 19.2 Å². The summed E-state index contributed by atoms with van der Waals surface area (Å²) in [4.78, 5) is 34.3. The van der Waals surface area contributed by atoms with E-state index in [2.05, 4.69) is 0 Å². The molecule has 0 atom stereocenters. The van der Waals surface area contributed by atoms with Gasteiger partial charge in [0.15, 0.2) is 0 Å². The minimum Gasteiger partial charge on any atom is -2.00 e. The van der Waals surface area contributed by atoms with Crippen LogP contribution in [0.5, 0.6) is 0 Å². The van der Waals surface area contributed by atoms with Gasteiger partial charge in [0.05, 0.1) is 0 Å². The van der Waals surface area contributed by atoms with Crippen LogP contribution in [0.2, 0.25) is 0 Å². The zero-order valence-electron chi connectivity index (χ0n) is 4.66. The van der Waals surface area contributed by atoms with E-state index < -0.39 is 9.05 Å². The molecule has 0 heterocycles. The van der Waals surface area contributed by atoms with Gasteiger partial charge in [-0.25, -0.2) is 0 Å². The number of rotatable bonds is 0. The average molecular weight is 228 g/mol. The summed E-state index contributed by atoms with van der Waals surface area (Å²) < 4.78 is 0. The summed E-state index contributed by atoms with van der Waals surface area (Å²) in [5, 5.41) is 0. The van der Waals surface area contributed by atoms with Crippen LogP contribution in [0, 0.1) is 0 Å². The van der Waals surface area contributed by atoms with E-state index in [9.17, 15) is 0 Å². The SMILES string of the molecule is [Ca+2].[Ca+2].[Ca+2].[O-2].[O-][Si]([O-])([O-])[O-]. The third-order valence-corrected chi connectivity index (χ3v) is 0. The Balaban J connectivity index is -0.0000000133. The van der Waals surface area contributed by atoms with E-state index in [-0.39, 0.29) is 119 Å². The molecule has 0 bridgehead atoms. The minimum absolute atomic E-state index is 0. The maximum Gasteiger partial charge on any atom is 2.00 e. The van der Waals surface area contributed by atoms with E-state index >= 15 is 0 Å². The van der Waals surface area contributed by atoms with Crippen LogP contribution in [0.15, 0.2) is 0 Å². The van der Waals surface area contributed by atoms with Crippen molar-refractivity contribution in [2.45, 2.75) is 0 Å². The molecule has 0 aromatic carbocycles. The molecule has 0 saturated heterocycles. The van der Waals surface area contributed by atoms with Crippen LogP contribution in [0.3, 0.4) is 0 Å². The van der Waals surface area contributed by atoms with Gasteiger partial charge in [-0.1, -0.05) is 0 Å². The Kier molecular flexibility index (Phi) is 46.6. The van der Waals surface area contributed by atoms with Gasteiger partial charge in [0.1, 0.15) is 0 Å². The second kappa shape index (κ2) is 14.3. The molecular formula is Ca3O5Si. The third kappa shape index (κ3) is 78.6. The third-order valence-electron chi connectivity index (χ3n) is 0. The fraction of sp³-hybridized carbons (Fsp3) is 0. The van der Waals surface area contributed by atoms with Gasteiger partial charge in [-0.3, -0.25) is 0 Å². The summed E-state index contributed by atoms with van der Waals surface area (Å²) in [6.07, 6.45) is 0. The molecule has 5 nitrogen and oxygen atoms in total. The second-order valence-corrected chi connectivity index (χ2v) is 1.50. The number of hydrogen-bond acceptors (Lipinski definition) is 4. The Hall–Kier alpha value is 3.80. The van der Waals surface area contributed by atoms with Gasteiger partial charge in [0.2, 0.25) is 0 Å². The van der Waals surface area contributed by atoms with Crippen molar-refractivity contribution < 1.29 is 24.7 Å². The zero-order valence-corrected chi connectivity index (χ0v) is 12.3. The Labute approximate surface area is 143 Å². The van der Waals surface area contributed by atoms with Gasteiger partial charge in [-0.2, -0.15) is 0 Å². The van der Waals surface area contributed by atoms with Crippen LogP contribution in [0.25, 0.3) is 0 Å². The Morgan fingerprint density at radius 2 is 0.667 bits per heavy atom. The topological polar surface area (TPSA) is 121 Å². The van der Waals surface area contributed by atoms with Crippen molar-refractivity contribution in [3.05, 3.63) is 0 Å². The Morgan fingerprint density at radius 3 is 0.667 bits per heavy atom. The molecule has 0 saturated carbocycles. The van der Waals surface area contributed by atoms with Crippen molar-refractivity contribution in [3.8, 4) is 0 Å². The van der Waals surface area contributed by atoms with E-state index in [1.807, 2.05) is 0 Å². The van der Waals surface area contributed by atoms with E-state index in [4.69, 9.17) is 19.2 Å². The Bertz CT molecular complexity index is 27.7. The maximum absolute atomic E-state index is 8.58. The molecule has 0 aromatic heterocycles. The molecule has 0 unspecified atom stereocenters. The fourth-order valence-corrected chi connectivity index (χ4v) is 0. The Morgan fingerprint density at radius 1 is 0.667 bits per heavy atom. The van der Waals surface area contributed by atoms with Gasteiger partial charge in [-0.15, -0.1) is 0 Å². The van der Waals surface area contributed by atoms with Crippen molar-refractivity contribution >= 4 is 122 Å². The minimum atomic E-state index is -5.61. The van der Waals surface area contributed by atoms with Gasteiger partial charge < -0.3 is 33.7 Å². The molecule has 0 aromatic rings. The average Bonchev–Trinajstić information content (AvgIpc) is 0.722. The van der Waals surface area contributed by atoms with Crippen LogP contribution in [-0.2, 0) is 5.48 Å². The number of hydrogen-bond donors (Lipinski definition) is 0. The van der Waals surface area contributed by atoms with Crippen molar-refractivity contribution in [2.24, 2.45) is 0 Å². The largest absolute Gasteiger partial charge is 2.00 e. The molecule has 0 amide bonds.